The van der Waals surface area contributed by atoms with Crippen molar-refractivity contribution in [1.82, 2.24) is 14.6 Å². The summed E-state index contributed by atoms with van der Waals surface area (Å²) in [6.45, 7) is 4.78. The van der Waals surface area contributed by atoms with E-state index < -0.39 is 0 Å². The van der Waals surface area contributed by atoms with Crippen molar-refractivity contribution in [2.45, 2.75) is 57.6 Å². The van der Waals surface area contributed by atoms with Crippen molar-refractivity contribution >= 4 is 11.5 Å². The second-order valence-electron chi connectivity index (χ2n) is 8.18. The maximum atomic E-state index is 9.95. The van der Waals surface area contributed by atoms with Crippen LogP contribution in [0, 0.1) is 6.92 Å². The van der Waals surface area contributed by atoms with E-state index >= 15 is 0 Å². The Hall–Kier alpha value is -2.44. The summed E-state index contributed by atoms with van der Waals surface area (Å²) in [4.78, 5) is 4.58. The minimum atomic E-state index is -0.171. The topological polar surface area (TPSA) is 71.7 Å². The molecule has 6 nitrogen and oxygen atoms in total. The van der Waals surface area contributed by atoms with E-state index in [4.69, 9.17) is 9.84 Å². The monoisotopic (exact) mass is 394 g/mol. The molecule has 0 bridgehead atoms. The van der Waals surface area contributed by atoms with Crippen LogP contribution in [0.25, 0.3) is 16.6 Å². The van der Waals surface area contributed by atoms with Gasteiger partial charge in [0.15, 0.2) is 0 Å². The fraction of sp³-hybridized carbons (Fsp3) is 0.478. The summed E-state index contributed by atoms with van der Waals surface area (Å²) < 4.78 is 7.27. The Bertz CT molecular complexity index is 976. The van der Waals surface area contributed by atoms with Gasteiger partial charge >= 0.3 is 0 Å². The van der Waals surface area contributed by atoms with E-state index in [1.165, 1.54) is 22.4 Å². The minimum absolute atomic E-state index is 0.122. The molecule has 6 heteroatoms. The lowest BCUT2D eigenvalue weighted by Gasteiger charge is -2.25. The number of hydrogen-bond donors (Lipinski definition) is 2. The van der Waals surface area contributed by atoms with E-state index in [2.05, 4.69) is 59.0 Å². The van der Waals surface area contributed by atoms with Gasteiger partial charge in [0.2, 0.25) is 5.95 Å². The first-order valence-corrected chi connectivity index (χ1v) is 10.4. The van der Waals surface area contributed by atoms with E-state index in [1.54, 1.807) is 7.11 Å². The molecule has 2 heterocycles. The van der Waals surface area contributed by atoms with E-state index in [9.17, 15) is 5.11 Å². The van der Waals surface area contributed by atoms with E-state index in [-0.39, 0.29) is 12.1 Å². The molecule has 1 aromatic carbocycles. The quantitative estimate of drug-likeness (QED) is 0.657. The van der Waals surface area contributed by atoms with Crippen molar-refractivity contribution in [1.29, 1.82) is 0 Å². The number of aliphatic hydroxyl groups excluding tert-OH is 1. The Morgan fingerprint density at radius 2 is 1.97 bits per heavy atom. The van der Waals surface area contributed by atoms with Crippen LogP contribution in [0.15, 0.2) is 36.5 Å². The van der Waals surface area contributed by atoms with Gasteiger partial charge in [-0.2, -0.15) is 0 Å². The Morgan fingerprint density at radius 3 is 2.69 bits per heavy atom. The first-order chi connectivity index (χ1) is 14.1. The normalized spacial score (nSPS) is 20.7. The number of benzene rings is 1. The van der Waals surface area contributed by atoms with Gasteiger partial charge in [0.05, 0.1) is 24.4 Å². The van der Waals surface area contributed by atoms with Gasteiger partial charge in [-0.15, -0.1) is 5.10 Å². The predicted octanol–water partition coefficient (Wildman–Crippen LogP) is 4.17. The van der Waals surface area contributed by atoms with Gasteiger partial charge in [-0.25, -0.2) is 9.50 Å². The van der Waals surface area contributed by atoms with Crippen LogP contribution in [0.4, 0.5) is 5.95 Å². The molecule has 154 valence electrons. The lowest BCUT2D eigenvalue weighted by Crippen LogP contribution is -2.23. The molecule has 1 saturated carbocycles. The second-order valence-corrected chi connectivity index (χ2v) is 8.18. The van der Waals surface area contributed by atoms with Crippen LogP contribution >= 0.6 is 0 Å². The van der Waals surface area contributed by atoms with Crippen LogP contribution in [-0.4, -0.2) is 45.6 Å². The van der Waals surface area contributed by atoms with Crippen molar-refractivity contribution in [2.75, 3.05) is 19.0 Å². The molecule has 0 spiro atoms. The Morgan fingerprint density at radius 1 is 1.21 bits per heavy atom. The van der Waals surface area contributed by atoms with Gasteiger partial charge in [0.1, 0.15) is 0 Å². The van der Waals surface area contributed by atoms with Crippen molar-refractivity contribution in [3.05, 3.63) is 47.8 Å². The third-order valence-corrected chi connectivity index (χ3v) is 5.89. The van der Waals surface area contributed by atoms with Gasteiger partial charge in [-0.1, -0.05) is 24.3 Å². The fourth-order valence-electron chi connectivity index (χ4n) is 4.35. The minimum Gasteiger partial charge on any atom is -0.393 e. The standard InChI is InChI=1S/C23H30N4O2/c1-15-6-4-5-7-19(15)20-12-21(17-8-10-18(28)11-9-17)27-22(20)13-24-23(26-27)25-16(2)14-29-3/h4-7,12-13,16-18,28H,8-11,14H2,1-3H3,(H,25,26)/t16-,17?,18?/m0/s1. The molecule has 4 rings (SSSR count). The van der Waals surface area contributed by atoms with E-state index in [0.29, 0.717) is 18.5 Å². The molecule has 0 saturated heterocycles. The Kier molecular flexibility index (Phi) is 5.83. The maximum absolute atomic E-state index is 9.95. The number of hydrogen-bond acceptors (Lipinski definition) is 5. The van der Waals surface area contributed by atoms with Gasteiger partial charge in [-0.05, 0) is 56.7 Å². The largest absolute Gasteiger partial charge is 0.393 e. The Labute approximate surface area is 171 Å². The van der Waals surface area contributed by atoms with E-state index in [1.807, 2.05) is 6.20 Å². The molecule has 0 aliphatic heterocycles. The molecule has 1 aliphatic rings. The molecule has 0 unspecified atom stereocenters. The number of methoxy groups -OCH3 is 1. The van der Waals surface area contributed by atoms with Crippen LogP contribution < -0.4 is 5.32 Å². The number of anilines is 1. The maximum Gasteiger partial charge on any atom is 0.241 e. The van der Waals surface area contributed by atoms with Gasteiger partial charge in [0, 0.05) is 30.3 Å². The summed E-state index contributed by atoms with van der Waals surface area (Å²) in [5, 5.41) is 18.1. The smallest absolute Gasteiger partial charge is 0.241 e. The summed E-state index contributed by atoms with van der Waals surface area (Å²) in [5.74, 6) is 0.994. The third-order valence-electron chi connectivity index (χ3n) is 5.89. The molecule has 3 aromatic rings. The highest BCUT2D eigenvalue weighted by Gasteiger charge is 2.25. The van der Waals surface area contributed by atoms with Crippen molar-refractivity contribution < 1.29 is 9.84 Å². The van der Waals surface area contributed by atoms with Gasteiger partial charge in [-0.3, -0.25) is 0 Å². The second kappa shape index (κ2) is 8.51. The third kappa shape index (κ3) is 4.14. The molecular weight excluding hydrogens is 364 g/mol. The highest BCUT2D eigenvalue weighted by atomic mass is 16.5. The van der Waals surface area contributed by atoms with E-state index in [0.717, 1.165) is 31.2 Å². The number of aliphatic hydroxyl groups is 1. The molecule has 2 aromatic heterocycles. The predicted molar refractivity (Wildman–Crippen MR) is 115 cm³/mol. The zero-order valence-electron chi connectivity index (χ0n) is 17.4. The molecule has 0 radical (unpaired) electrons. The summed E-state index contributed by atoms with van der Waals surface area (Å²) in [5.41, 5.74) is 5.84. The first-order valence-electron chi connectivity index (χ1n) is 10.4. The summed E-state index contributed by atoms with van der Waals surface area (Å²) in [6.07, 6.45) is 5.39. The van der Waals surface area contributed by atoms with Crippen molar-refractivity contribution in [3.63, 3.8) is 0 Å². The summed E-state index contributed by atoms with van der Waals surface area (Å²) in [7, 11) is 1.69. The summed E-state index contributed by atoms with van der Waals surface area (Å²) >= 11 is 0. The van der Waals surface area contributed by atoms with Crippen molar-refractivity contribution in [2.24, 2.45) is 0 Å². The number of ether oxygens (including phenoxy) is 1. The highest BCUT2D eigenvalue weighted by molar-refractivity contribution is 5.83. The average Bonchev–Trinajstić information content (AvgIpc) is 3.08. The number of fused-ring (bicyclic) bond motifs is 1. The number of nitrogens with one attached hydrogen (secondary N) is 1. The number of rotatable bonds is 6. The van der Waals surface area contributed by atoms with Crippen LogP contribution in [0.2, 0.25) is 0 Å². The first kappa shape index (κ1) is 19.9. The lowest BCUT2D eigenvalue weighted by atomic mass is 9.85. The molecular formula is C23H30N4O2. The highest BCUT2D eigenvalue weighted by Crippen LogP contribution is 2.38. The molecule has 1 aliphatic carbocycles. The average molecular weight is 395 g/mol. The Balaban J connectivity index is 1.79. The number of aryl methyl sites for hydroxylation is 1. The zero-order valence-corrected chi connectivity index (χ0v) is 17.4. The van der Waals surface area contributed by atoms with Crippen molar-refractivity contribution in [3.8, 4) is 11.1 Å². The molecule has 1 atom stereocenters. The van der Waals surface area contributed by atoms with Crippen LogP contribution in [0.5, 0.6) is 0 Å². The molecule has 29 heavy (non-hydrogen) atoms. The van der Waals surface area contributed by atoms with Gasteiger partial charge < -0.3 is 15.2 Å². The number of aromatic nitrogens is 3. The fourth-order valence-corrected chi connectivity index (χ4v) is 4.35. The van der Waals surface area contributed by atoms with Gasteiger partial charge in [0.25, 0.3) is 0 Å². The molecule has 2 N–H and O–H groups in total. The van der Waals surface area contributed by atoms with Crippen LogP contribution in [-0.2, 0) is 4.74 Å². The van der Waals surface area contributed by atoms with Crippen LogP contribution in [0.3, 0.4) is 0 Å². The zero-order chi connectivity index (χ0) is 20.4. The molecule has 0 amide bonds. The number of nitrogens with zero attached hydrogens (tertiary/aromatic N) is 3. The SMILES string of the molecule is COC[C@H](C)Nc1ncc2c(-c3ccccc3C)cc(C3CCC(O)CC3)n2n1. The van der Waals surface area contributed by atoms with Crippen LogP contribution in [0.1, 0.15) is 49.8 Å². The summed E-state index contributed by atoms with van der Waals surface area (Å²) in [6, 6.07) is 10.8. The lowest BCUT2D eigenvalue weighted by molar-refractivity contribution is 0.121. The molecule has 1 fully saturated rings.